The number of nitrogens with one attached hydrogen (secondary N) is 1. The van der Waals surface area contributed by atoms with E-state index >= 15 is 0 Å². The Morgan fingerprint density at radius 3 is 1.69 bits per heavy atom. The molecule has 356 valence electrons. The Morgan fingerprint density at radius 1 is 0.597 bits per heavy atom. The highest BCUT2D eigenvalue weighted by atomic mass is 16.7. The monoisotopic (exact) mass is 880 g/mol. The molecule has 14 heteroatoms. The van der Waals surface area contributed by atoms with Gasteiger partial charge in [-0.05, 0) is 64.2 Å². The maximum absolute atomic E-state index is 13.0. The lowest BCUT2D eigenvalue weighted by Gasteiger charge is -2.46. The van der Waals surface area contributed by atoms with Gasteiger partial charge in [-0.3, -0.25) is 4.79 Å². The number of hydrogen-bond acceptors (Lipinski definition) is 13. The Hall–Kier alpha value is -2.57. The van der Waals surface area contributed by atoms with Gasteiger partial charge in [0.05, 0.1) is 32.0 Å². The molecule has 2 aliphatic rings. The van der Waals surface area contributed by atoms with Crippen molar-refractivity contribution < 1.29 is 64.6 Å². The molecule has 0 saturated carbocycles. The summed E-state index contributed by atoms with van der Waals surface area (Å²) < 4.78 is 22.5. The molecule has 0 aromatic heterocycles. The van der Waals surface area contributed by atoms with E-state index in [2.05, 4.69) is 92.1 Å². The van der Waals surface area contributed by atoms with Crippen LogP contribution >= 0.6 is 0 Å². The summed E-state index contributed by atoms with van der Waals surface area (Å²) in [6.45, 7) is 2.58. The predicted octanol–water partition coefficient (Wildman–Crippen LogP) is 4.87. The molecule has 0 spiro atoms. The molecule has 0 bridgehead atoms. The first-order valence-corrected chi connectivity index (χ1v) is 23.2. The molecule has 2 fully saturated rings. The molecule has 2 rings (SSSR count). The molecule has 0 aromatic carbocycles. The fourth-order valence-electron chi connectivity index (χ4n) is 7.12. The summed E-state index contributed by atoms with van der Waals surface area (Å²) >= 11 is 0. The number of carbonyl (C=O) groups is 1. The average molecular weight is 880 g/mol. The maximum atomic E-state index is 13.0. The van der Waals surface area contributed by atoms with E-state index in [1.54, 1.807) is 0 Å². The number of unbranched alkanes of at least 4 members (excludes halogenated alkanes) is 8. The van der Waals surface area contributed by atoms with Gasteiger partial charge >= 0.3 is 0 Å². The summed E-state index contributed by atoms with van der Waals surface area (Å²) in [5.74, 6) is -0.244. The number of amides is 1. The van der Waals surface area contributed by atoms with E-state index in [4.69, 9.17) is 18.9 Å². The van der Waals surface area contributed by atoms with Gasteiger partial charge in [-0.2, -0.15) is 0 Å². The molecule has 2 aliphatic heterocycles. The van der Waals surface area contributed by atoms with Crippen molar-refractivity contribution in [1.29, 1.82) is 0 Å². The SMILES string of the molecule is CC/C=C\C/C=C\C/C=C\C/C=C\C/C=C\C/C=C\CCCCCCC(=O)NC(COC1OC(CO)C(OC2OC(CO)C(O)C(O)C2O)C(O)C1O)C(O)CCCCCCC. The van der Waals surface area contributed by atoms with Crippen molar-refractivity contribution in [1.82, 2.24) is 5.32 Å². The molecule has 12 atom stereocenters. The van der Waals surface area contributed by atoms with Crippen molar-refractivity contribution in [2.24, 2.45) is 0 Å². The zero-order chi connectivity index (χ0) is 45.4. The topological polar surface area (TPSA) is 228 Å². The standard InChI is InChI=1S/C48H81NO13/c1-3-5-7-9-10-11-12-13-14-15-16-17-18-19-20-21-22-23-24-25-26-28-30-32-40(53)49-36(37(52)31-29-27-8-6-4-2)35-59-47-45(58)43(56)46(39(34-51)61-47)62-48-44(57)42(55)41(54)38(33-50)60-48/h5,7,10-11,13-14,16-17,19-20,22-23,36-39,41-48,50-52,54-58H,3-4,6,8-9,12,15,18,21,24-35H2,1-2H3,(H,49,53)/b7-5-,11-10-,14-13-,17-16-,20-19-,23-22-. The van der Waals surface area contributed by atoms with E-state index in [1.165, 1.54) is 0 Å². The van der Waals surface area contributed by atoms with E-state index in [0.717, 1.165) is 96.3 Å². The third-order valence-electron chi connectivity index (χ3n) is 10.9. The van der Waals surface area contributed by atoms with Crippen molar-refractivity contribution >= 4 is 5.91 Å². The zero-order valence-corrected chi connectivity index (χ0v) is 37.3. The fourth-order valence-corrected chi connectivity index (χ4v) is 7.12. The first kappa shape index (κ1) is 55.6. The van der Waals surface area contributed by atoms with Gasteiger partial charge in [0.2, 0.25) is 5.91 Å². The number of aliphatic hydroxyl groups excluding tert-OH is 8. The number of carbonyl (C=O) groups excluding carboxylic acids is 1. The lowest BCUT2D eigenvalue weighted by molar-refractivity contribution is -0.359. The van der Waals surface area contributed by atoms with E-state index in [1.807, 2.05) is 0 Å². The summed E-state index contributed by atoms with van der Waals surface area (Å²) in [7, 11) is 0. The molecule has 14 nitrogen and oxygen atoms in total. The third-order valence-corrected chi connectivity index (χ3v) is 10.9. The zero-order valence-electron chi connectivity index (χ0n) is 37.3. The van der Waals surface area contributed by atoms with Crippen LogP contribution in [-0.2, 0) is 23.7 Å². The highest BCUT2D eigenvalue weighted by Gasteiger charge is 2.51. The smallest absolute Gasteiger partial charge is 0.220 e. The highest BCUT2D eigenvalue weighted by Crippen LogP contribution is 2.30. The van der Waals surface area contributed by atoms with Gasteiger partial charge in [0, 0.05) is 6.42 Å². The van der Waals surface area contributed by atoms with Crippen LogP contribution in [0.3, 0.4) is 0 Å². The van der Waals surface area contributed by atoms with Gasteiger partial charge in [-0.1, -0.05) is 132 Å². The second-order valence-electron chi connectivity index (χ2n) is 16.2. The maximum Gasteiger partial charge on any atom is 0.220 e. The molecule has 2 saturated heterocycles. The van der Waals surface area contributed by atoms with Crippen LogP contribution in [0.1, 0.15) is 129 Å². The predicted molar refractivity (Wildman–Crippen MR) is 240 cm³/mol. The normalized spacial score (nSPS) is 28.4. The van der Waals surface area contributed by atoms with Crippen LogP contribution in [0.5, 0.6) is 0 Å². The Kier molecular flexibility index (Phi) is 31.2. The van der Waals surface area contributed by atoms with Gasteiger partial charge in [-0.25, -0.2) is 0 Å². The largest absolute Gasteiger partial charge is 0.394 e. The Labute approximate surface area is 370 Å². The van der Waals surface area contributed by atoms with Crippen molar-refractivity contribution in [3.63, 3.8) is 0 Å². The van der Waals surface area contributed by atoms with Crippen LogP contribution in [-0.4, -0.2) is 140 Å². The summed E-state index contributed by atoms with van der Waals surface area (Å²) in [4.78, 5) is 13.0. The van der Waals surface area contributed by atoms with Crippen LogP contribution in [0, 0.1) is 0 Å². The second kappa shape index (κ2) is 34.8. The lowest BCUT2D eigenvalue weighted by Crippen LogP contribution is -2.65. The van der Waals surface area contributed by atoms with E-state index < -0.39 is 86.8 Å². The molecule has 62 heavy (non-hydrogen) atoms. The van der Waals surface area contributed by atoms with Crippen molar-refractivity contribution in [3.05, 3.63) is 72.9 Å². The van der Waals surface area contributed by atoms with Crippen LogP contribution in [0.15, 0.2) is 72.9 Å². The Balaban J connectivity index is 1.75. The molecule has 9 N–H and O–H groups in total. The van der Waals surface area contributed by atoms with Gasteiger partial charge in [0.15, 0.2) is 12.6 Å². The first-order valence-electron chi connectivity index (χ1n) is 23.2. The summed E-state index contributed by atoms with van der Waals surface area (Å²) in [6, 6.07) is -0.842. The average Bonchev–Trinajstić information content (AvgIpc) is 3.27. The molecular weight excluding hydrogens is 799 g/mol. The summed E-state index contributed by atoms with van der Waals surface area (Å²) in [5.41, 5.74) is 0. The number of hydrogen-bond donors (Lipinski definition) is 9. The number of aliphatic hydroxyl groups is 8. The van der Waals surface area contributed by atoms with E-state index in [-0.39, 0.29) is 18.9 Å². The minimum atomic E-state index is -1.79. The minimum absolute atomic E-state index is 0.244. The van der Waals surface area contributed by atoms with Crippen molar-refractivity contribution in [3.8, 4) is 0 Å². The van der Waals surface area contributed by atoms with E-state index in [0.29, 0.717) is 12.8 Å². The van der Waals surface area contributed by atoms with E-state index in [9.17, 15) is 45.6 Å². The Morgan fingerprint density at radius 2 is 1.11 bits per heavy atom. The first-order chi connectivity index (χ1) is 30.1. The van der Waals surface area contributed by atoms with Gasteiger partial charge in [0.25, 0.3) is 0 Å². The summed E-state index contributed by atoms with van der Waals surface area (Å²) in [6.07, 6.45) is 25.4. The van der Waals surface area contributed by atoms with Gasteiger partial charge < -0.3 is 65.1 Å². The number of rotatable bonds is 33. The Bertz CT molecular complexity index is 1320. The molecule has 12 unspecified atom stereocenters. The van der Waals surface area contributed by atoms with Crippen LogP contribution in [0.4, 0.5) is 0 Å². The number of allylic oxidation sites excluding steroid dienone is 12. The van der Waals surface area contributed by atoms with Gasteiger partial charge in [-0.15, -0.1) is 0 Å². The fraction of sp³-hybridized carbons (Fsp3) is 0.729. The molecule has 0 aliphatic carbocycles. The summed E-state index contributed by atoms with van der Waals surface area (Å²) in [5, 5.41) is 86.2. The van der Waals surface area contributed by atoms with Crippen LogP contribution in [0.2, 0.25) is 0 Å². The van der Waals surface area contributed by atoms with Crippen LogP contribution < -0.4 is 5.32 Å². The number of ether oxygens (including phenoxy) is 4. The van der Waals surface area contributed by atoms with Crippen molar-refractivity contribution in [2.45, 2.75) is 203 Å². The molecule has 0 aromatic rings. The molecule has 0 radical (unpaired) electrons. The molecule has 1 amide bonds. The minimum Gasteiger partial charge on any atom is -0.394 e. The molecule has 2 heterocycles. The van der Waals surface area contributed by atoms with Crippen LogP contribution in [0.25, 0.3) is 0 Å². The lowest BCUT2D eigenvalue weighted by atomic mass is 9.97. The quantitative estimate of drug-likeness (QED) is 0.0317. The molecular formula is C48H81NO13. The van der Waals surface area contributed by atoms with Crippen molar-refractivity contribution in [2.75, 3.05) is 19.8 Å². The second-order valence-corrected chi connectivity index (χ2v) is 16.2. The third kappa shape index (κ3) is 22.4. The highest BCUT2D eigenvalue weighted by molar-refractivity contribution is 5.76. The van der Waals surface area contributed by atoms with Gasteiger partial charge in [0.1, 0.15) is 48.8 Å².